The number of nitrogens with one attached hydrogen (secondary N) is 2. The highest BCUT2D eigenvalue weighted by Gasteiger charge is 2.43. The fourth-order valence-corrected chi connectivity index (χ4v) is 4.59. The Morgan fingerprint density at radius 2 is 0.722 bits per heavy atom. The van der Waals surface area contributed by atoms with Gasteiger partial charge in [-0.05, 0) is 11.1 Å². The fourth-order valence-electron chi connectivity index (χ4n) is 4.59. The maximum atomic E-state index is 12.6. The number of alkyl carbamates (subject to hydrolysis) is 2. The molecule has 1 saturated heterocycles. The number of carboxylic acids is 2. The van der Waals surface area contributed by atoms with Crippen molar-refractivity contribution >= 4 is 24.1 Å². The lowest BCUT2D eigenvalue weighted by Gasteiger charge is -2.30. The molecule has 2 aromatic rings. The van der Waals surface area contributed by atoms with Gasteiger partial charge < -0.3 is 68.2 Å². The number of amides is 2. The second-order valence-electron chi connectivity index (χ2n) is 11.8. The number of benzene rings is 2. The Labute approximate surface area is 313 Å². The van der Waals surface area contributed by atoms with Gasteiger partial charge in [-0.2, -0.15) is 0 Å². The third kappa shape index (κ3) is 17.2. The Balaban J connectivity index is 1.52. The summed E-state index contributed by atoms with van der Waals surface area (Å²) in [6.07, 6.45) is -1.93. The van der Waals surface area contributed by atoms with Crippen LogP contribution in [0.25, 0.3) is 0 Å². The molecule has 0 saturated carbocycles. The van der Waals surface area contributed by atoms with E-state index in [1.807, 2.05) is 12.1 Å². The Morgan fingerprint density at radius 3 is 0.981 bits per heavy atom. The maximum Gasteiger partial charge on any atom is 0.408 e. The first kappa shape index (κ1) is 44.0. The van der Waals surface area contributed by atoms with Crippen molar-refractivity contribution in [1.29, 1.82) is 0 Å². The Hall–Kier alpha value is -4.40. The van der Waals surface area contributed by atoms with Gasteiger partial charge in [0.15, 0.2) is 11.1 Å². The molecule has 1 aliphatic heterocycles. The van der Waals surface area contributed by atoms with Gasteiger partial charge in [0.1, 0.15) is 13.2 Å². The zero-order chi connectivity index (χ0) is 38.7. The van der Waals surface area contributed by atoms with Gasteiger partial charge in [-0.1, -0.05) is 60.7 Å². The van der Waals surface area contributed by atoms with E-state index in [0.29, 0.717) is 0 Å². The second-order valence-corrected chi connectivity index (χ2v) is 11.8. The molecule has 54 heavy (non-hydrogen) atoms. The Kier molecular flexibility index (Phi) is 20.8. The standard InChI is InChI=1S/C36H50N2O16/c39-31(40)35(37-33(43)53-23-29-7-3-1-4-8-29)25-49-19-15-45-11-13-47-17-21-51-27-36(32(41)42,38-34(44)54-24-30-9-5-2-6-10-30)28-52-22-18-48-14-12-46-16-20-50-26-35/h1-10H,11-28H2,(H,37,43)(H,38,44)(H,39,40)(H,41,42). The summed E-state index contributed by atoms with van der Waals surface area (Å²) < 4.78 is 54.7. The van der Waals surface area contributed by atoms with Crippen LogP contribution < -0.4 is 10.6 Å². The number of rotatable bonds is 8. The van der Waals surface area contributed by atoms with Crippen LogP contribution >= 0.6 is 0 Å². The van der Waals surface area contributed by atoms with Gasteiger partial charge >= 0.3 is 24.1 Å². The number of carbonyl (C=O) groups excluding carboxylic acids is 2. The van der Waals surface area contributed by atoms with E-state index in [1.165, 1.54) is 0 Å². The molecular weight excluding hydrogens is 716 g/mol. The van der Waals surface area contributed by atoms with Gasteiger partial charge in [0.2, 0.25) is 0 Å². The highest BCUT2D eigenvalue weighted by Crippen LogP contribution is 2.12. The molecule has 4 N–H and O–H groups in total. The largest absolute Gasteiger partial charge is 0.479 e. The Bertz CT molecular complexity index is 1240. The zero-order valence-electron chi connectivity index (χ0n) is 30.1. The predicted molar refractivity (Wildman–Crippen MR) is 187 cm³/mol. The third-order valence-corrected chi connectivity index (χ3v) is 7.55. The molecule has 2 aromatic carbocycles. The van der Waals surface area contributed by atoms with Gasteiger partial charge in [-0.3, -0.25) is 0 Å². The molecule has 2 amide bonds. The molecule has 0 aromatic heterocycles. The van der Waals surface area contributed by atoms with Gasteiger partial charge in [-0.25, -0.2) is 19.2 Å². The van der Waals surface area contributed by atoms with Crippen LogP contribution in [0.4, 0.5) is 9.59 Å². The van der Waals surface area contributed by atoms with Crippen molar-refractivity contribution in [2.24, 2.45) is 0 Å². The molecule has 0 bridgehead atoms. The quantitative estimate of drug-likeness (QED) is 0.300. The highest BCUT2D eigenvalue weighted by molar-refractivity contribution is 5.85. The average molecular weight is 767 g/mol. The summed E-state index contributed by atoms with van der Waals surface area (Å²) in [5, 5.41) is 25.0. The van der Waals surface area contributed by atoms with Crippen LogP contribution in [0.2, 0.25) is 0 Å². The average Bonchev–Trinajstić information content (AvgIpc) is 3.17. The summed E-state index contributed by atoms with van der Waals surface area (Å²) in [7, 11) is 0. The van der Waals surface area contributed by atoms with Crippen molar-refractivity contribution < 1.29 is 76.8 Å². The van der Waals surface area contributed by atoms with Crippen LogP contribution in [0, 0.1) is 0 Å². The molecule has 1 fully saturated rings. The second kappa shape index (κ2) is 25.6. The van der Waals surface area contributed by atoms with E-state index in [2.05, 4.69) is 10.6 Å². The van der Waals surface area contributed by atoms with Crippen molar-refractivity contribution in [3.05, 3.63) is 71.8 Å². The first-order chi connectivity index (χ1) is 26.2. The fraction of sp³-hybridized carbons (Fsp3) is 0.556. The molecule has 0 unspecified atom stereocenters. The predicted octanol–water partition coefficient (Wildman–Crippen LogP) is 1.63. The highest BCUT2D eigenvalue weighted by atomic mass is 16.6. The van der Waals surface area contributed by atoms with Gasteiger partial charge in [0, 0.05) is 0 Å². The van der Waals surface area contributed by atoms with Crippen LogP contribution in [0.3, 0.4) is 0 Å². The van der Waals surface area contributed by atoms with Crippen LogP contribution in [0.1, 0.15) is 11.1 Å². The number of carboxylic acid groups (broad SMARTS) is 2. The lowest BCUT2D eigenvalue weighted by atomic mass is 10.0. The third-order valence-electron chi connectivity index (χ3n) is 7.55. The van der Waals surface area contributed by atoms with E-state index in [4.69, 9.17) is 47.4 Å². The van der Waals surface area contributed by atoms with Crippen molar-refractivity contribution in [2.75, 3.05) is 106 Å². The summed E-state index contributed by atoms with van der Waals surface area (Å²) in [6.45, 7) is -1.03. The van der Waals surface area contributed by atoms with Crippen LogP contribution in [-0.2, 0) is 70.2 Å². The first-order valence-electron chi connectivity index (χ1n) is 17.3. The van der Waals surface area contributed by atoms with Crippen LogP contribution in [0.5, 0.6) is 0 Å². The molecule has 18 heteroatoms. The van der Waals surface area contributed by atoms with Crippen molar-refractivity contribution in [1.82, 2.24) is 10.6 Å². The van der Waals surface area contributed by atoms with Crippen LogP contribution in [-0.4, -0.2) is 151 Å². The zero-order valence-corrected chi connectivity index (χ0v) is 30.1. The summed E-state index contributed by atoms with van der Waals surface area (Å²) in [4.78, 5) is 50.2. The molecule has 18 nitrogen and oxygen atoms in total. The maximum absolute atomic E-state index is 12.6. The van der Waals surface area contributed by atoms with E-state index >= 15 is 0 Å². The molecule has 0 atom stereocenters. The molecule has 3 rings (SSSR count). The van der Waals surface area contributed by atoms with E-state index in [1.54, 1.807) is 48.5 Å². The van der Waals surface area contributed by atoms with Gasteiger partial charge in [-0.15, -0.1) is 0 Å². The van der Waals surface area contributed by atoms with Crippen molar-refractivity contribution in [2.45, 2.75) is 24.3 Å². The first-order valence-corrected chi connectivity index (χ1v) is 17.3. The number of carbonyl (C=O) groups is 4. The lowest BCUT2D eigenvalue weighted by molar-refractivity contribution is -0.153. The van der Waals surface area contributed by atoms with Crippen molar-refractivity contribution in [3.8, 4) is 0 Å². The molecule has 0 radical (unpaired) electrons. The topological polar surface area (TPSA) is 225 Å². The van der Waals surface area contributed by atoms with E-state index in [9.17, 15) is 29.4 Å². The minimum absolute atomic E-state index is 0.0118. The normalized spacial score (nSPS) is 22.5. The minimum Gasteiger partial charge on any atom is -0.479 e. The van der Waals surface area contributed by atoms with E-state index in [0.717, 1.165) is 11.1 Å². The number of aliphatic carboxylic acids is 2. The van der Waals surface area contributed by atoms with Crippen LogP contribution in [0.15, 0.2) is 60.7 Å². The summed E-state index contributed by atoms with van der Waals surface area (Å²) in [5.41, 5.74) is -2.50. The number of ether oxygens (including phenoxy) is 10. The molecular formula is C36H50N2O16. The summed E-state index contributed by atoms with van der Waals surface area (Å²) >= 11 is 0. The lowest BCUT2D eigenvalue weighted by Crippen LogP contribution is -2.61. The number of hydrogen-bond acceptors (Lipinski definition) is 14. The smallest absolute Gasteiger partial charge is 0.408 e. The minimum atomic E-state index is -1.97. The summed E-state index contributed by atoms with van der Waals surface area (Å²) in [6, 6.07) is 17.8. The molecule has 1 aliphatic rings. The number of hydrogen-bond donors (Lipinski definition) is 4. The molecule has 1 heterocycles. The molecule has 300 valence electrons. The van der Waals surface area contributed by atoms with E-state index in [-0.39, 0.29) is 92.5 Å². The monoisotopic (exact) mass is 766 g/mol. The van der Waals surface area contributed by atoms with E-state index < -0.39 is 61.6 Å². The van der Waals surface area contributed by atoms with Gasteiger partial charge in [0.05, 0.1) is 106 Å². The summed E-state index contributed by atoms with van der Waals surface area (Å²) in [5.74, 6) is -2.78. The molecule has 0 spiro atoms. The van der Waals surface area contributed by atoms with Gasteiger partial charge in [0.25, 0.3) is 0 Å². The SMILES string of the molecule is O=C(NC1(C(=O)O)COCCOCCOCCOCC(NC(=O)OCc2ccccc2)(C(=O)O)COCCOCCOCCOC1)OCc1ccccc1. The van der Waals surface area contributed by atoms with Crippen molar-refractivity contribution in [3.63, 3.8) is 0 Å². The Morgan fingerprint density at radius 1 is 0.463 bits per heavy atom. The molecule has 0 aliphatic carbocycles.